The van der Waals surface area contributed by atoms with Gasteiger partial charge >= 0.3 is 0 Å². The zero-order valence-corrected chi connectivity index (χ0v) is 22.8. The van der Waals surface area contributed by atoms with Crippen LogP contribution in [0.25, 0.3) is 0 Å². The van der Waals surface area contributed by atoms with Gasteiger partial charge < -0.3 is 9.47 Å². The molecule has 38 heavy (non-hydrogen) atoms. The van der Waals surface area contributed by atoms with Gasteiger partial charge in [0, 0.05) is 37.4 Å². The number of benzene rings is 3. The van der Waals surface area contributed by atoms with Crippen LogP contribution in [0.2, 0.25) is 0 Å². The number of imidazole rings is 1. The molecule has 1 unspecified atom stereocenters. The molecular formula is C33H36N4S. The molecule has 2 heterocycles. The summed E-state index contributed by atoms with van der Waals surface area (Å²) < 4.78 is 2.23. The normalized spacial score (nSPS) is 15.9. The van der Waals surface area contributed by atoms with E-state index in [9.17, 15) is 0 Å². The van der Waals surface area contributed by atoms with E-state index < -0.39 is 0 Å². The molecule has 0 saturated carbocycles. The Morgan fingerprint density at radius 2 is 1.66 bits per heavy atom. The highest BCUT2D eigenvalue weighted by Crippen LogP contribution is 2.29. The molecule has 0 aliphatic carbocycles. The van der Waals surface area contributed by atoms with Gasteiger partial charge in [-0.2, -0.15) is 17.0 Å². The van der Waals surface area contributed by atoms with Crippen LogP contribution in [0.4, 0.5) is 0 Å². The lowest BCUT2D eigenvalue weighted by Gasteiger charge is -2.35. The maximum atomic E-state index is 9.02. The summed E-state index contributed by atoms with van der Waals surface area (Å²) in [5, 5.41) is 9.02. The van der Waals surface area contributed by atoms with Crippen LogP contribution in [0, 0.1) is 17.2 Å². The molecule has 1 aliphatic rings. The highest BCUT2D eigenvalue weighted by molar-refractivity contribution is 7.99. The Balaban J connectivity index is 1.11. The Morgan fingerprint density at radius 3 is 2.34 bits per heavy atom. The number of nitriles is 1. The molecular weight excluding hydrogens is 484 g/mol. The summed E-state index contributed by atoms with van der Waals surface area (Å²) >= 11 is 2.09. The van der Waals surface area contributed by atoms with E-state index in [1.165, 1.54) is 54.1 Å². The van der Waals surface area contributed by atoms with Crippen LogP contribution < -0.4 is 0 Å². The van der Waals surface area contributed by atoms with Crippen LogP contribution in [0.3, 0.4) is 0 Å². The predicted octanol–water partition coefficient (Wildman–Crippen LogP) is 6.62. The van der Waals surface area contributed by atoms with Crippen LogP contribution in [0.5, 0.6) is 0 Å². The summed E-state index contributed by atoms with van der Waals surface area (Å²) in [6.07, 6.45) is 7.58. The predicted molar refractivity (Wildman–Crippen MR) is 157 cm³/mol. The number of aryl methyl sites for hydroxylation is 1. The molecule has 0 N–H and O–H groups in total. The molecule has 0 amide bonds. The minimum atomic E-state index is 0.417. The average molecular weight is 521 g/mol. The van der Waals surface area contributed by atoms with Crippen LogP contribution >= 0.6 is 11.8 Å². The zero-order valence-electron chi connectivity index (χ0n) is 22.0. The van der Waals surface area contributed by atoms with Crippen molar-refractivity contribution < 1.29 is 0 Å². The maximum absolute atomic E-state index is 9.02. The molecule has 3 aromatic carbocycles. The first-order valence-corrected chi connectivity index (χ1v) is 14.8. The van der Waals surface area contributed by atoms with Crippen molar-refractivity contribution in [3.05, 3.63) is 125 Å². The lowest BCUT2D eigenvalue weighted by molar-refractivity contribution is 0.181. The summed E-state index contributed by atoms with van der Waals surface area (Å²) in [5.74, 6) is 3.51. The summed E-state index contributed by atoms with van der Waals surface area (Å²) in [6, 6.07) is 32.0. The van der Waals surface area contributed by atoms with Crippen molar-refractivity contribution >= 4 is 11.8 Å². The van der Waals surface area contributed by atoms with E-state index in [1.807, 2.05) is 36.8 Å². The Labute approximate surface area is 231 Å². The number of likely N-dealkylation sites (tertiary alicyclic amines) is 1. The van der Waals surface area contributed by atoms with Gasteiger partial charge in [-0.05, 0) is 72.1 Å². The highest BCUT2D eigenvalue weighted by atomic mass is 32.2. The smallest absolute Gasteiger partial charge is 0.0991 e. The first-order chi connectivity index (χ1) is 18.8. The first kappa shape index (κ1) is 26.3. The van der Waals surface area contributed by atoms with Gasteiger partial charge in [-0.15, -0.1) is 0 Å². The number of nitrogens with zero attached hydrogens (tertiary/aromatic N) is 4. The molecule has 0 bridgehead atoms. The van der Waals surface area contributed by atoms with Gasteiger partial charge in [-0.3, -0.25) is 0 Å². The molecule has 1 aromatic heterocycles. The second kappa shape index (κ2) is 13.5. The van der Waals surface area contributed by atoms with Gasteiger partial charge in [-0.1, -0.05) is 72.8 Å². The Hall–Kier alpha value is -3.33. The SMILES string of the molecule is N#Cc1ccc(Cn2cncc2CCSCC2CCCN(CC(c3ccccc3)c3ccccc3)C2)cc1. The van der Waals surface area contributed by atoms with E-state index in [2.05, 4.69) is 92.9 Å². The quantitative estimate of drug-likeness (QED) is 0.208. The van der Waals surface area contributed by atoms with Crippen molar-refractivity contribution in [1.29, 1.82) is 5.26 Å². The van der Waals surface area contributed by atoms with Crippen molar-refractivity contribution in [2.75, 3.05) is 31.1 Å². The Morgan fingerprint density at radius 1 is 0.947 bits per heavy atom. The lowest BCUT2D eigenvalue weighted by Crippen LogP contribution is -2.39. The number of thioether (sulfide) groups is 1. The summed E-state index contributed by atoms with van der Waals surface area (Å²) in [5.41, 5.74) is 6.00. The fourth-order valence-corrected chi connectivity index (χ4v) is 6.62. The van der Waals surface area contributed by atoms with Crippen molar-refractivity contribution in [3.63, 3.8) is 0 Å². The second-order valence-electron chi connectivity index (χ2n) is 10.3. The van der Waals surface area contributed by atoms with Crippen LogP contribution in [0.1, 0.15) is 46.7 Å². The standard InChI is InChI=1S/C33H36N4S/c34-20-27-13-15-28(16-14-27)23-37-26-35-21-32(37)17-19-38-25-29-8-7-18-36(22-29)24-33(30-9-3-1-4-10-30)31-11-5-2-6-12-31/h1-6,9-16,21,26,29,33H,7-8,17-19,22-25H2. The summed E-state index contributed by atoms with van der Waals surface area (Å²) in [6.45, 7) is 4.28. The molecule has 0 spiro atoms. The minimum Gasteiger partial charge on any atom is -0.330 e. The van der Waals surface area contributed by atoms with Gasteiger partial charge in [0.05, 0.1) is 18.0 Å². The van der Waals surface area contributed by atoms with Gasteiger partial charge in [0.2, 0.25) is 0 Å². The fourth-order valence-electron chi connectivity index (χ4n) is 5.49. The maximum Gasteiger partial charge on any atom is 0.0991 e. The van der Waals surface area contributed by atoms with Crippen molar-refractivity contribution in [2.45, 2.75) is 31.7 Å². The lowest BCUT2D eigenvalue weighted by atomic mass is 9.89. The molecule has 1 fully saturated rings. The third-order valence-corrected chi connectivity index (χ3v) is 8.74. The average Bonchev–Trinajstić information content (AvgIpc) is 3.42. The molecule has 4 aromatic rings. The van der Waals surface area contributed by atoms with Crippen molar-refractivity contribution in [3.8, 4) is 6.07 Å². The molecule has 4 nitrogen and oxygen atoms in total. The van der Waals surface area contributed by atoms with Crippen molar-refractivity contribution in [1.82, 2.24) is 14.5 Å². The summed E-state index contributed by atoms with van der Waals surface area (Å²) in [7, 11) is 0. The Bertz CT molecular complexity index is 1250. The highest BCUT2D eigenvalue weighted by Gasteiger charge is 2.24. The van der Waals surface area contributed by atoms with Crippen LogP contribution in [0.15, 0.2) is 97.5 Å². The molecule has 1 aliphatic heterocycles. The zero-order chi connectivity index (χ0) is 26.0. The van der Waals surface area contributed by atoms with Crippen LogP contribution in [-0.4, -0.2) is 45.6 Å². The second-order valence-corrected chi connectivity index (χ2v) is 11.4. The topological polar surface area (TPSA) is 44.9 Å². The summed E-state index contributed by atoms with van der Waals surface area (Å²) in [4.78, 5) is 7.10. The monoisotopic (exact) mass is 520 g/mol. The van der Waals surface area contributed by atoms with E-state index in [1.54, 1.807) is 0 Å². The Kier molecular flexibility index (Phi) is 9.31. The number of aromatic nitrogens is 2. The largest absolute Gasteiger partial charge is 0.330 e. The fraction of sp³-hybridized carbons (Fsp3) is 0.333. The number of rotatable bonds is 11. The molecule has 5 rings (SSSR count). The first-order valence-electron chi connectivity index (χ1n) is 13.7. The van der Waals surface area contributed by atoms with Gasteiger partial charge in [0.1, 0.15) is 0 Å². The minimum absolute atomic E-state index is 0.417. The molecule has 0 radical (unpaired) electrons. The van der Waals surface area contributed by atoms with Crippen LogP contribution in [-0.2, 0) is 13.0 Å². The van der Waals surface area contributed by atoms with E-state index in [-0.39, 0.29) is 0 Å². The van der Waals surface area contributed by atoms with Crippen molar-refractivity contribution in [2.24, 2.45) is 5.92 Å². The van der Waals surface area contributed by atoms with E-state index in [0.717, 1.165) is 31.2 Å². The molecule has 1 saturated heterocycles. The molecule has 194 valence electrons. The van der Waals surface area contributed by atoms with E-state index in [4.69, 9.17) is 5.26 Å². The number of hydrogen-bond donors (Lipinski definition) is 0. The molecule has 5 heteroatoms. The van der Waals surface area contributed by atoms with Gasteiger partial charge in [0.15, 0.2) is 0 Å². The van der Waals surface area contributed by atoms with Gasteiger partial charge in [0.25, 0.3) is 0 Å². The van der Waals surface area contributed by atoms with E-state index in [0.29, 0.717) is 11.5 Å². The molecule has 1 atom stereocenters. The third-order valence-electron chi connectivity index (χ3n) is 7.54. The van der Waals surface area contributed by atoms with E-state index >= 15 is 0 Å². The third kappa shape index (κ3) is 7.16. The number of piperidine rings is 1. The van der Waals surface area contributed by atoms with Gasteiger partial charge in [-0.25, -0.2) is 4.98 Å². The number of hydrogen-bond acceptors (Lipinski definition) is 4.